The van der Waals surface area contributed by atoms with Gasteiger partial charge in [-0.15, -0.1) is 10.2 Å². The van der Waals surface area contributed by atoms with Crippen LogP contribution in [0.4, 0.5) is 17.1 Å². The first kappa shape index (κ1) is 24.7. The summed E-state index contributed by atoms with van der Waals surface area (Å²) in [4.78, 5) is 26.7. The molecule has 3 heterocycles. The number of nitrogens with one attached hydrogen (secondary N) is 2. The van der Waals surface area contributed by atoms with Crippen LogP contribution in [0.1, 0.15) is 21.7 Å². The van der Waals surface area contributed by atoms with E-state index < -0.39 is 10.8 Å². The topological polar surface area (TPSA) is 140 Å². The molecule has 1 amide bonds. The molecule has 0 bridgehead atoms. The van der Waals surface area contributed by atoms with Crippen LogP contribution in [0.25, 0.3) is 15.5 Å². The molecular weight excluding hydrogens is 516 g/mol. The fourth-order valence-corrected chi connectivity index (χ4v) is 5.02. The van der Waals surface area contributed by atoms with Crippen LogP contribution >= 0.6 is 23.6 Å². The highest BCUT2D eigenvalue weighted by Gasteiger charge is 2.23. The molecule has 0 saturated carbocycles. The van der Waals surface area contributed by atoms with Crippen molar-refractivity contribution in [2.24, 2.45) is 0 Å². The number of fused-ring (bicyclic) bond motifs is 1. The van der Waals surface area contributed by atoms with Gasteiger partial charge in [-0.3, -0.25) is 20.2 Å². The quantitative estimate of drug-likeness (QED) is 0.221. The predicted octanol–water partition coefficient (Wildman–Crippen LogP) is 3.34. The summed E-state index contributed by atoms with van der Waals surface area (Å²) < 4.78 is 7.01. The van der Waals surface area contributed by atoms with Crippen molar-refractivity contribution in [3.63, 3.8) is 0 Å². The number of carbonyl (C=O) groups is 1. The zero-order chi connectivity index (χ0) is 26.1. The molecule has 190 valence electrons. The predicted molar refractivity (Wildman–Crippen MR) is 143 cm³/mol. The Bertz CT molecular complexity index is 1530. The first-order valence-corrected chi connectivity index (χ1v) is 12.6. The number of nitro benzene ring substituents is 1. The lowest BCUT2D eigenvalue weighted by Crippen LogP contribution is -2.37. The van der Waals surface area contributed by atoms with Gasteiger partial charge in [0, 0.05) is 36.0 Å². The number of hydrogen-bond donors (Lipinski definition) is 2. The van der Waals surface area contributed by atoms with Crippen LogP contribution < -0.4 is 15.5 Å². The van der Waals surface area contributed by atoms with Crippen molar-refractivity contribution in [2.75, 3.05) is 36.5 Å². The Hall–Kier alpha value is -4.01. The van der Waals surface area contributed by atoms with Gasteiger partial charge in [0.2, 0.25) is 4.96 Å². The third-order valence-corrected chi connectivity index (χ3v) is 7.04. The highest BCUT2D eigenvalue weighted by molar-refractivity contribution is 7.80. The SMILES string of the molecule is Cc1ccc(-c2nn3c(C)nnc3s2)cc1NC(=S)NC(=O)c1ccc(N2CCOCC2)c([N+](=O)[O-])c1. The van der Waals surface area contributed by atoms with Crippen molar-refractivity contribution in [2.45, 2.75) is 13.8 Å². The Balaban J connectivity index is 1.31. The molecule has 1 saturated heterocycles. The summed E-state index contributed by atoms with van der Waals surface area (Å²) in [6, 6.07) is 10.2. The Morgan fingerprint density at radius 2 is 1.95 bits per heavy atom. The number of amides is 1. The number of carbonyl (C=O) groups excluding carboxylic acids is 1. The lowest BCUT2D eigenvalue weighted by atomic mass is 10.1. The van der Waals surface area contributed by atoms with Crippen LogP contribution in [0, 0.1) is 24.0 Å². The van der Waals surface area contributed by atoms with Crippen LogP contribution in [0.5, 0.6) is 0 Å². The summed E-state index contributed by atoms with van der Waals surface area (Å²) in [6.07, 6.45) is 0. The summed E-state index contributed by atoms with van der Waals surface area (Å²) in [5.41, 5.74) is 2.90. The molecule has 2 aromatic heterocycles. The number of aromatic nitrogens is 4. The highest BCUT2D eigenvalue weighted by atomic mass is 32.1. The number of thiocarbonyl (C=S) groups is 1. The minimum atomic E-state index is -0.549. The maximum absolute atomic E-state index is 12.9. The fourth-order valence-electron chi connectivity index (χ4n) is 3.93. The van der Waals surface area contributed by atoms with Crippen molar-refractivity contribution in [1.29, 1.82) is 0 Å². The minimum Gasteiger partial charge on any atom is -0.378 e. The average molecular weight is 539 g/mol. The van der Waals surface area contributed by atoms with E-state index in [-0.39, 0.29) is 16.4 Å². The molecule has 0 aliphatic carbocycles. The van der Waals surface area contributed by atoms with Crippen LogP contribution in [-0.4, -0.2) is 62.1 Å². The lowest BCUT2D eigenvalue weighted by Gasteiger charge is -2.28. The van der Waals surface area contributed by atoms with Crippen LogP contribution in [0.2, 0.25) is 0 Å². The number of aryl methyl sites for hydroxylation is 2. The standard InChI is InChI=1S/C23H22N8O4S2/c1-13-3-4-16(21-28-30-14(2)26-27-23(30)37-21)11-17(13)24-22(36)25-20(32)15-5-6-18(19(12-15)31(33)34)29-7-9-35-10-8-29/h3-6,11-12H,7-10H2,1-2H3,(H2,24,25,32,36). The summed E-state index contributed by atoms with van der Waals surface area (Å²) in [7, 11) is 0. The Kier molecular flexibility index (Phi) is 6.78. The van der Waals surface area contributed by atoms with Gasteiger partial charge in [0.1, 0.15) is 10.7 Å². The summed E-state index contributed by atoms with van der Waals surface area (Å²) in [6.45, 7) is 5.82. The van der Waals surface area contributed by atoms with Gasteiger partial charge in [-0.1, -0.05) is 23.5 Å². The first-order chi connectivity index (χ1) is 17.8. The lowest BCUT2D eigenvalue weighted by molar-refractivity contribution is -0.384. The number of nitrogens with zero attached hydrogens (tertiary/aromatic N) is 6. The Morgan fingerprint density at radius 3 is 2.68 bits per heavy atom. The highest BCUT2D eigenvalue weighted by Crippen LogP contribution is 2.31. The molecule has 37 heavy (non-hydrogen) atoms. The molecular formula is C23H22N8O4S2. The monoisotopic (exact) mass is 538 g/mol. The third-order valence-electron chi connectivity index (χ3n) is 5.89. The van der Waals surface area contributed by atoms with Crippen LogP contribution in [-0.2, 0) is 4.74 Å². The van der Waals surface area contributed by atoms with Gasteiger partial charge >= 0.3 is 0 Å². The van der Waals surface area contributed by atoms with Gasteiger partial charge in [0.15, 0.2) is 10.9 Å². The fraction of sp³-hybridized carbons (Fsp3) is 0.261. The van der Waals surface area contributed by atoms with Gasteiger partial charge in [-0.2, -0.15) is 9.61 Å². The zero-order valence-corrected chi connectivity index (χ0v) is 21.6. The van der Waals surface area contributed by atoms with Crippen molar-refractivity contribution in [1.82, 2.24) is 25.1 Å². The number of rotatable bonds is 5. The van der Waals surface area contributed by atoms with Crippen LogP contribution in [0.3, 0.4) is 0 Å². The van der Waals surface area contributed by atoms with Crippen molar-refractivity contribution < 1.29 is 14.5 Å². The van der Waals surface area contributed by atoms with E-state index in [4.69, 9.17) is 17.0 Å². The van der Waals surface area contributed by atoms with Crippen molar-refractivity contribution >= 4 is 56.6 Å². The smallest absolute Gasteiger partial charge is 0.293 e. The molecule has 0 radical (unpaired) electrons. The number of benzene rings is 2. The van der Waals surface area contributed by atoms with E-state index in [0.717, 1.165) is 16.1 Å². The number of ether oxygens (including phenoxy) is 1. The number of anilines is 2. The maximum atomic E-state index is 12.9. The number of morpholine rings is 1. The summed E-state index contributed by atoms with van der Waals surface area (Å²) in [5, 5.41) is 30.9. The van der Waals surface area contributed by atoms with Gasteiger partial charge in [-0.25, -0.2) is 0 Å². The largest absolute Gasteiger partial charge is 0.378 e. The van der Waals surface area contributed by atoms with E-state index in [1.165, 1.54) is 17.4 Å². The average Bonchev–Trinajstić information content (AvgIpc) is 3.47. The van der Waals surface area contributed by atoms with E-state index in [2.05, 4.69) is 25.9 Å². The molecule has 2 N–H and O–H groups in total. The van der Waals surface area contributed by atoms with E-state index in [9.17, 15) is 14.9 Å². The molecule has 5 rings (SSSR count). The zero-order valence-electron chi connectivity index (χ0n) is 19.9. The molecule has 0 unspecified atom stereocenters. The Labute approximate surface area is 220 Å². The van der Waals surface area contributed by atoms with Gasteiger partial charge in [0.25, 0.3) is 11.6 Å². The molecule has 12 nitrogen and oxygen atoms in total. The molecule has 1 aliphatic heterocycles. The molecule has 0 spiro atoms. The van der Waals surface area contributed by atoms with E-state index in [1.54, 1.807) is 16.6 Å². The number of hydrogen-bond acceptors (Lipinski definition) is 10. The maximum Gasteiger partial charge on any atom is 0.293 e. The second-order valence-electron chi connectivity index (χ2n) is 8.35. The van der Waals surface area contributed by atoms with E-state index >= 15 is 0 Å². The van der Waals surface area contributed by atoms with Gasteiger partial charge < -0.3 is 15.0 Å². The number of nitro groups is 1. The van der Waals surface area contributed by atoms with Crippen molar-refractivity contribution in [3.05, 3.63) is 63.5 Å². The van der Waals surface area contributed by atoms with Gasteiger partial charge in [0.05, 0.1) is 18.1 Å². The molecule has 14 heteroatoms. The van der Waals surface area contributed by atoms with E-state index in [0.29, 0.717) is 48.5 Å². The van der Waals surface area contributed by atoms with Crippen LogP contribution in [0.15, 0.2) is 36.4 Å². The molecule has 4 aromatic rings. The normalized spacial score (nSPS) is 13.5. The molecule has 0 atom stereocenters. The summed E-state index contributed by atoms with van der Waals surface area (Å²) in [5.74, 6) is 0.150. The summed E-state index contributed by atoms with van der Waals surface area (Å²) >= 11 is 6.78. The molecule has 1 fully saturated rings. The second kappa shape index (κ2) is 10.2. The first-order valence-electron chi connectivity index (χ1n) is 11.3. The van der Waals surface area contributed by atoms with Crippen molar-refractivity contribution in [3.8, 4) is 10.6 Å². The second-order valence-corrected chi connectivity index (χ2v) is 9.71. The minimum absolute atomic E-state index is 0.0687. The van der Waals surface area contributed by atoms with Gasteiger partial charge in [-0.05, 0) is 49.8 Å². The molecule has 2 aromatic carbocycles. The van der Waals surface area contributed by atoms with E-state index in [1.807, 2.05) is 36.9 Å². The third kappa shape index (κ3) is 5.12. The molecule has 1 aliphatic rings. The Morgan fingerprint density at radius 1 is 1.16 bits per heavy atom.